The SMILES string of the molecule is C[C@@](O)(CC(=O)NC1(c2cc(Cl)cc(Cl)n2)CC1)c1ccc(F)cc1F. The Hall–Kier alpha value is -1.76. The van der Waals surface area contributed by atoms with Crippen molar-refractivity contribution in [2.45, 2.75) is 37.3 Å². The molecule has 0 unspecified atom stereocenters. The Morgan fingerprint density at radius 3 is 2.58 bits per heavy atom. The monoisotopic (exact) mass is 400 g/mol. The van der Waals surface area contributed by atoms with Crippen molar-refractivity contribution >= 4 is 29.1 Å². The van der Waals surface area contributed by atoms with Crippen molar-refractivity contribution in [1.29, 1.82) is 0 Å². The third-order valence-electron chi connectivity index (χ3n) is 4.39. The molecular formula is C18H16Cl2F2N2O2. The highest BCUT2D eigenvalue weighted by atomic mass is 35.5. The first kappa shape index (κ1) is 19.0. The third kappa shape index (κ3) is 3.98. The average molecular weight is 401 g/mol. The van der Waals surface area contributed by atoms with Gasteiger partial charge in [-0.25, -0.2) is 13.8 Å². The van der Waals surface area contributed by atoms with Gasteiger partial charge < -0.3 is 10.4 Å². The predicted molar refractivity (Wildman–Crippen MR) is 93.9 cm³/mol. The van der Waals surface area contributed by atoms with Crippen LogP contribution in [0.3, 0.4) is 0 Å². The largest absolute Gasteiger partial charge is 0.385 e. The number of carbonyl (C=O) groups excluding carboxylic acids is 1. The summed E-state index contributed by atoms with van der Waals surface area (Å²) in [6.07, 6.45) is 0.899. The van der Waals surface area contributed by atoms with Crippen LogP contribution in [0.15, 0.2) is 30.3 Å². The summed E-state index contributed by atoms with van der Waals surface area (Å²) >= 11 is 11.9. The summed E-state index contributed by atoms with van der Waals surface area (Å²) in [5.41, 5.74) is -2.10. The fraction of sp³-hybridized carbons (Fsp3) is 0.333. The maximum Gasteiger partial charge on any atom is 0.223 e. The molecule has 2 N–H and O–H groups in total. The van der Waals surface area contributed by atoms with Crippen LogP contribution in [-0.2, 0) is 15.9 Å². The van der Waals surface area contributed by atoms with Crippen molar-refractivity contribution in [3.8, 4) is 0 Å². The van der Waals surface area contributed by atoms with Crippen LogP contribution >= 0.6 is 23.2 Å². The lowest BCUT2D eigenvalue weighted by Crippen LogP contribution is -2.39. The van der Waals surface area contributed by atoms with E-state index in [2.05, 4.69) is 10.3 Å². The van der Waals surface area contributed by atoms with Crippen LogP contribution in [0.25, 0.3) is 0 Å². The second-order valence-corrected chi connectivity index (χ2v) is 7.52. The summed E-state index contributed by atoms with van der Waals surface area (Å²) in [7, 11) is 0. The summed E-state index contributed by atoms with van der Waals surface area (Å²) in [6, 6.07) is 5.95. The van der Waals surface area contributed by atoms with Crippen LogP contribution in [0, 0.1) is 11.6 Å². The van der Waals surface area contributed by atoms with Crippen molar-refractivity contribution in [2.24, 2.45) is 0 Å². The van der Waals surface area contributed by atoms with Crippen molar-refractivity contribution in [2.75, 3.05) is 0 Å². The van der Waals surface area contributed by atoms with E-state index in [4.69, 9.17) is 23.2 Å². The Morgan fingerprint density at radius 1 is 1.31 bits per heavy atom. The van der Waals surface area contributed by atoms with Gasteiger partial charge in [-0.3, -0.25) is 4.79 Å². The van der Waals surface area contributed by atoms with Gasteiger partial charge in [0.05, 0.1) is 23.3 Å². The smallest absolute Gasteiger partial charge is 0.223 e. The molecule has 1 heterocycles. The zero-order valence-corrected chi connectivity index (χ0v) is 15.3. The number of aliphatic hydroxyl groups is 1. The second kappa shape index (κ2) is 6.76. The molecule has 26 heavy (non-hydrogen) atoms. The van der Waals surface area contributed by atoms with Gasteiger partial charge in [0.1, 0.15) is 16.8 Å². The second-order valence-electron chi connectivity index (χ2n) is 6.70. The first-order valence-electron chi connectivity index (χ1n) is 7.94. The molecule has 1 atom stereocenters. The fourth-order valence-corrected chi connectivity index (χ4v) is 3.40. The van der Waals surface area contributed by atoms with E-state index in [9.17, 15) is 18.7 Å². The van der Waals surface area contributed by atoms with E-state index >= 15 is 0 Å². The number of nitrogens with zero attached hydrogens (tertiary/aromatic N) is 1. The number of rotatable bonds is 5. The summed E-state index contributed by atoms with van der Waals surface area (Å²) in [5.74, 6) is -2.16. The first-order chi connectivity index (χ1) is 12.1. The number of hydrogen-bond acceptors (Lipinski definition) is 3. The number of benzene rings is 1. The lowest BCUT2D eigenvalue weighted by molar-refractivity contribution is -0.127. The van der Waals surface area contributed by atoms with E-state index in [1.54, 1.807) is 6.07 Å². The van der Waals surface area contributed by atoms with E-state index in [1.165, 1.54) is 13.0 Å². The molecule has 1 aromatic carbocycles. The van der Waals surface area contributed by atoms with E-state index in [0.29, 0.717) is 29.6 Å². The normalized spacial score (nSPS) is 17.5. The Bertz CT molecular complexity index is 850. The maximum atomic E-state index is 13.9. The molecule has 0 spiro atoms. The van der Waals surface area contributed by atoms with Crippen LogP contribution in [0.4, 0.5) is 8.78 Å². The van der Waals surface area contributed by atoms with Gasteiger partial charge in [0.2, 0.25) is 5.91 Å². The molecule has 1 saturated carbocycles. The summed E-state index contributed by atoms with van der Waals surface area (Å²) in [6.45, 7) is 1.30. The maximum absolute atomic E-state index is 13.9. The summed E-state index contributed by atoms with van der Waals surface area (Å²) in [5, 5.41) is 14.0. The lowest BCUT2D eigenvalue weighted by atomic mass is 9.91. The van der Waals surface area contributed by atoms with Crippen molar-refractivity contribution < 1.29 is 18.7 Å². The highest BCUT2D eigenvalue weighted by Crippen LogP contribution is 2.46. The molecule has 3 rings (SSSR count). The number of amides is 1. The number of nitrogens with one attached hydrogen (secondary N) is 1. The van der Waals surface area contributed by atoms with E-state index in [0.717, 1.165) is 12.1 Å². The molecular weight excluding hydrogens is 385 g/mol. The highest BCUT2D eigenvalue weighted by Gasteiger charge is 2.48. The molecule has 138 valence electrons. The topological polar surface area (TPSA) is 62.2 Å². The average Bonchev–Trinajstić information content (AvgIpc) is 3.25. The van der Waals surface area contributed by atoms with E-state index < -0.39 is 35.1 Å². The zero-order chi connectivity index (χ0) is 19.1. The first-order valence-corrected chi connectivity index (χ1v) is 8.69. The molecule has 0 bridgehead atoms. The van der Waals surface area contributed by atoms with Gasteiger partial charge in [0.15, 0.2) is 0 Å². The quantitative estimate of drug-likeness (QED) is 0.743. The molecule has 4 nitrogen and oxygen atoms in total. The molecule has 1 amide bonds. The van der Waals surface area contributed by atoms with E-state index in [1.807, 2.05) is 0 Å². The van der Waals surface area contributed by atoms with Crippen molar-refractivity contribution in [3.05, 3.63) is 63.4 Å². The number of hydrogen-bond donors (Lipinski definition) is 2. The van der Waals surface area contributed by atoms with Gasteiger partial charge in [0.25, 0.3) is 0 Å². The minimum atomic E-state index is -1.79. The molecule has 0 radical (unpaired) electrons. The molecule has 1 aromatic heterocycles. The number of halogens is 4. The Labute approximate surface area is 159 Å². The van der Waals surface area contributed by atoms with Gasteiger partial charge in [0, 0.05) is 16.7 Å². The standard InChI is InChI=1S/C18H16Cl2F2N2O2/c1-17(26,12-3-2-11(21)8-13(12)22)9-16(25)24-18(4-5-18)14-6-10(19)7-15(20)23-14/h2-3,6-8,26H,4-5,9H2,1H3,(H,24,25)/t17-/m1/s1. The zero-order valence-electron chi connectivity index (χ0n) is 13.8. The van der Waals surface area contributed by atoms with Crippen LogP contribution in [-0.4, -0.2) is 16.0 Å². The van der Waals surface area contributed by atoms with Crippen LogP contribution in [0.1, 0.15) is 37.4 Å². The molecule has 8 heteroatoms. The number of carbonyl (C=O) groups is 1. The van der Waals surface area contributed by atoms with Crippen molar-refractivity contribution in [3.63, 3.8) is 0 Å². The molecule has 1 aliphatic carbocycles. The Morgan fingerprint density at radius 2 is 2.00 bits per heavy atom. The van der Waals surface area contributed by atoms with E-state index in [-0.39, 0.29) is 10.7 Å². The number of pyridine rings is 1. The minimum absolute atomic E-state index is 0.150. The summed E-state index contributed by atoms with van der Waals surface area (Å²) < 4.78 is 27.0. The fourth-order valence-electron chi connectivity index (χ4n) is 2.93. The van der Waals surface area contributed by atoms with Crippen LogP contribution in [0.2, 0.25) is 10.2 Å². The minimum Gasteiger partial charge on any atom is -0.385 e. The molecule has 2 aromatic rings. The molecule has 1 fully saturated rings. The van der Waals surface area contributed by atoms with Crippen molar-refractivity contribution in [1.82, 2.24) is 10.3 Å². The summed E-state index contributed by atoms with van der Waals surface area (Å²) in [4.78, 5) is 16.6. The lowest BCUT2D eigenvalue weighted by Gasteiger charge is -2.25. The van der Waals surface area contributed by atoms with Gasteiger partial charge in [-0.2, -0.15) is 0 Å². The molecule has 0 saturated heterocycles. The van der Waals surface area contributed by atoms with Gasteiger partial charge in [-0.15, -0.1) is 0 Å². The van der Waals surface area contributed by atoms with Gasteiger partial charge >= 0.3 is 0 Å². The van der Waals surface area contributed by atoms with Crippen LogP contribution in [0.5, 0.6) is 0 Å². The van der Waals surface area contributed by atoms with Crippen LogP contribution < -0.4 is 5.32 Å². The van der Waals surface area contributed by atoms with Gasteiger partial charge in [-0.05, 0) is 38.0 Å². The third-order valence-corrected chi connectivity index (χ3v) is 4.81. The Balaban J connectivity index is 1.76. The predicted octanol–water partition coefficient (Wildman–Crippen LogP) is 4.07. The Kier molecular flexibility index (Phi) is 4.94. The molecule has 1 aliphatic rings. The highest BCUT2D eigenvalue weighted by molar-refractivity contribution is 6.33. The molecule has 0 aliphatic heterocycles. The number of aromatic nitrogens is 1. The van der Waals surface area contributed by atoms with Gasteiger partial charge in [-0.1, -0.05) is 29.3 Å².